The van der Waals surface area contributed by atoms with E-state index in [1.54, 1.807) is 4.88 Å². The molecule has 1 saturated heterocycles. The molecule has 3 rings (SSSR count). The molecule has 1 fully saturated rings. The third-order valence-corrected chi connectivity index (χ3v) is 4.49. The Kier molecular flexibility index (Phi) is 2.69. The summed E-state index contributed by atoms with van der Waals surface area (Å²) in [4.78, 5) is 15.2. The van der Waals surface area contributed by atoms with Crippen LogP contribution in [0.3, 0.4) is 0 Å². The van der Waals surface area contributed by atoms with Gasteiger partial charge in [-0.3, -0.25) is 9.69 Å². The summed E-state index contributed by atoms with van der Waals surface area (Å²) in [5.41, 5.74) is 1.49. The first-order chi connectivity index (χ1) is 7.81. The fourth-order valence-electron chi connectivity index (χ4n) is 2.62. The summed E-state index contributed by atoms with van der Waals surface area (Å²) < 4.78 is 0. The molecule has 0 saturated carbocycles. The summed E-state index contributed by atoms with van der Waals surface area (Å²) in [6, 6.07) is 2.24. The average Bonchev–Trinajstić information content (AvgIpc) is 2.87. The van der Waals surface area contributed by atoms with Crippen molar-refractivity contribution in [2.75, 3.05) is 19.6 Å². The number of amides is 1. The van der Waals surface area contributed by atoms with E-state index < -0.39 is 0 Å². The second-order valence-corrected chi connectivity index (χ2v) is 5.73. The van der Waals surface area contributed by atoms with Crippen LogP contribution < -0.4 is 5.32 Å². The van der Waals surface area contributed by atoms with Gasteiger partial charge in [0.2, 0.25) is 5.91 Å². The van der Waals surface area contributed by atoms with Crippen LogP contribution in [0.4, 0.5) is 0 Å². The van der Waals surface area contributed by atoms with Crippen molar-refractivity contribution in [3.05, 3.63) is 21.9 Å². The van der Waals surface area contributed by atoms with Gasteiger partial charge in [-0.2, -0.15) is 0 Å². The molecule has 4 heteroatoms. The minimum absolute atomic E-state index is 0.221. The topological polar surface area (TPSA) is 32.3 Å². The van der Waals surface area contributed by atoms with Gasteiger partial charge in [0.15, 0.2) is 0 Å². The maximum Gasteiger partial charge on any atom is 0.220 e. The Bertz CT molecular complexity index is 401. The van der Waals surface area contributed by atoms with Crippen LogP contribution in [0.1, 0.15) is 16.9 Å². The molecule has 1 amide bonds. The molecular weight excluding hydrogens is 220 g/mol. The van der Waals surface area contributed by atoms with E-state index in [1.807, 2.05) is 11.3 Å². The molecule has 2 aliphatic rings. The molecule has 1 atom stereocenters. The highest BCUT2D eigenvalue weighted by atomic mass is 32.1. The van der Waals surface area contributed by atoms with Crippen LogP contribution in [0.2, 0.25) is 0 Å². The van der Waals surface area contributed by atoms with Crippen molar-refractivity contribution in [1.82, 2.24) is 10.2 Å². The number of thiophene rings is 1. The molecule has 0 unspecified atom stereocenters. The Morgan fingerprint density at radius 1 is 1.56 bits per heavy atom. The summed E-state index contributed by atoms with van der Waals surface area (Å²) in [5.74, 6) is 0.742. The number of nitrogens with one attached hydrogen (secondary N) is 1. The van der Waals surface area contributed by atoms with Crippen molar-refractivity contribution in [2.24, 2.45) is 5.92 Å². The van der Waals surface area contributed by atoms with Crippen molar-refractivity contribution in [1.29, 1.82) is 0 Å². The van der Waals surface area contributed by atoms with E-state index in [1.165, 1.54) is 12.0 Å². The third kappa shape index (κ3) is 1.99. The second-order valence-electron chi connectivity index (χ2n) is 4.73. The van der Waals surface area contributed by atoms with E-state index in [9.17, 15) is 4.79 Å². The zero-order valence-corrected chi connectivity index (χ0v) is 10.1. The van der Waals surface area contributed by atoms with Crippen LogP contribution in [-0.2, 0) is 17.8 Å². The van der Waals surface area contributed by atoms with Gasteiger partial charge in [0, 0.05) is 37.5 Å². The summed E-state index contributed by atoms with van der Waals surface area (Å²) in [6.45, 7) is 4.15. The number of fused-ring (bicyclic) bond motifs is 1. The number of hydrogen-bond donors (Lipinski definition) is 1. The van der Waals surface area contributed by atoms with E-state index in [0.29, 0.717) is 12.3 Å². The maximum atomic E-state index is 11.1. The van der Waals surface area contributed by atoms with Gasteiger partial charge in [-0.1, -0.05) is 0 Å². The lowest BCUT2D eigenvalue weighted by Gasteiger charge is -2.28. The molecule has 3 nitrogen and oxygen atoms in total. The van der Waals surface area contributed by atoms with Gasteiger partial charge >= 0.3 is 0 Å². The summed E-state index contributed by atoms with van der Waals surface area (Å²) in [5, 5.41) is 5.10. The van der Waals surface area contributed by atoms with Crippen LogP contribution in [0.15, 0.2) is 11.4 Å². The molecule has 1 aromatic rings. The zero-order valence-electron chi connectivity index (χ0n) is 9.24. The van der Waals surface area contributed by atoms with Crippen LogP contribution in [0, 0.1) is 5.92 Å². The van der Waals surface area contributed by atoms with Crippen molar-refractivity contribution >= 4 is 17.2 Å². The van der Waals surface area contributed by atoms with Gasteiger partial charge in [0.25, 0.3) is 0 Å². The van der Waals surface area contributed by atoms with Gasteiger partial charge in [-0.25, -0.2) is 0 Å². The lowest BCUT2D eigenvalue weighted by atomic mass is 10.0. The Morgan fingerprint density at radius 2 is 2.50 bits per heavy atom. The first-order valence-electron chi connectivity index (χ1n) is 5.85. The van der Waals surface area contributed by atoms with Crippen LogP contribution in [-0.4, -0.2) is 30.4 Å². The van der Waals surface area contributed by atoms with Crippen molar-refractivity contribution in [3.8, 4) is 0 Å². The summed E-state index contributed by atoms with van der Waals surface area (Å²) in [6.07, 6.45) is 1.90. The van der Waals surface area contributed by atoms with Crippen molar-refractivity contribution in [3.63, 3.8) is 0 Å². The molecule has 0 spiro atoms. The van der Waals surface area contributed by atoms with E-state index >= 15 is 0 Å². The van der Waals surface area contributed by atoms with E-state index in [2.05, 4.69) is 21.7 Å². The minimum atomic E-state index is 0.221. The van der Waals surface area contributed by atoms with Crippen LogP contribution in [0.25, 0.3) is 0 Å². The van der Waals surface area contributed by atoms with Gasteiger partial charge in [0.05, 0.1) is 0 Å². The lowest BCUT2D eigenvalue weighted by molar-refractivity contribution is -0.119. The summed E-state index contributed by atoms with van der Waals surface area (Å²) in [7, 11) is 0. The maximum absolute atomic E-state index is 11.1. The Hall–Kier alpha value is -0.870. The molecule has 86 valence electrons. The number of nitrogens with zero attached hydrogens (tertiary/aromatic N) is 1. The number of carbonyl (C=O) groups is 1. The normalized spacial score (nSPS) is 25.5. The predicted octanol–water partition coefficient (Wildman–Crippen LogP) is 1.24. The molecule has 1 N–H and O–H groups in total. The van der Waals surface area contributed by atoms with Crippen molar-refractivity contribution < 1.29 is 4.79 Å². The smallest absolute Gasteiger partial charge is 0.220 e. The first kappa shape index (κ1) is 10.3. The van der Waals surface area contributed by atoms with E-state index in [-0.39, 0.29) is 5.91 Å². The van der Waals surface area contributed by atoms with E-state index in [0.717, 1.165) is 26.2 Å². The van der Waals surface area contributed by atoms with Gasteiger partial charge in [-0.15, -0.1) is 11.3 Å². The van der Waals surface area contributed by atoms with Gasteiger partial charge in [0.1, 0.15) is 0 Å². The SMILES string of the molecule is O=C1C[C@H](CN2CCc3sccc3C2)CN1. The average molecular weight is 236 g/mol. The fourth-order valence-corrected chi connectivity index (χ4v) is 3.51. The molecule has 0 aromatic carbocycles. The highest BCUT2D eigenvalue weighted by Crippen LogP contribution is 2.25. The fraction of sp³-hybridized carbons (Fsp3) is 0.583. The lowest BCUT2D eigenvalue weighted by Crippen LogP contribution is -2.34. The van der Waals surface area contributed by atoms with Crippen LogP contribution in [0.5, 0.6) is 0 Å². The van der Waals surface area contributed by atoms with Crippen LogP contribution >= 0.6 is 11.3 Å². The standard InChI is InChI=1S/C12H16N2OS/c15-12-5-9(6-13-12)7-14-3-1-11-10(8-14)2-4-16-11/h2,4,9H,1,3,5-8H2,(H,13,15)/t9-/m0/s1. The van der Waals surface area contributed by atoms with E-state index in [4.69, 9.17) is 0 Å². The predicted molar refractivity (Wildman–Crippen MR) is 64.4 cm³/mol. The molecule has 0 aliphatic carbocycles. The molecule has 0 bridgehead atoms. The third-order valence-electron chi connectivity index (χ3n) is 3.47. The Labute approximate surface area is 99.5 Å². The minimum Gasteiger partial charge on any atom is -0.356 e. The Balaban J connectivity index is 1.60. The zero-order chi connectivity index (χ0) is 11.0. The number of rotatable bonds is 2. The largest absolute Gasteiger partial charge is 0.356 e. The number of carbonyl (C=O) groups excluding carboxylic acids is 1. The number of hydrogen-bond acceptors (Lipinski definition) is 3. The molecule has 0 radical (unpaired) electrons. The van der Waals surface area contributed by atoms with Gasteiger partial charge < -0.3 is 5.32 Å². The molecule has 1 aromatic heterocycles. The van der Waals surface area contributed by atoms with Gasteiger partial charge in [-0.05, 0) is 29.3 Å². The molecule has 16 heavy (non-hydrogen) atoms. The Morgan fingerprint density at radius 3 is 3.31 bits per heavy atom. The van der Waals surface area contributed by atoms with Crippen molar-refractivity contribution in [2.45, 2.75) is 19.4 Å². The molecule has 3 heterocycles. The highest BCUT2D eigenvalue weighted by Gasteiger charge is 2.25. The monoisotopic (exact) mass is 236 g/mol. The quantitative estimate of drug-likeness (QED) is 0.838. The summed E-state index contributed by atoms with van der Waals surface area (Å²) >= 11 is 1.88. The first-order valence-corrected chi connectivity index (χ1v) is 6.73. The molecular formula is C12H16N2OS. The highest BCUT2D eigenvalue weighted by molar-refractivity contribution is 7.10. The molecule has 2 aliphatic heterocycles. The second kappa shape index (κ2) is 4.18.